The molecule has 0 spiro atoms. The average molecular weight is 498 g/mol. The summed E-state index contributed by atoms with van der Waals surface area (Å²) in [4.78, 5) is 30.7. The van der Waals surface area contributed by atoms with Gasteiger partial charge in [0.25, 0.3) is 0 Å². The summed E-state index contributed by atoms with van der Waals surface area (Å²) < 4.78 is 12.2. The van der Waals surface area contributed by atoms with Crippen molar-refractivity contribution in [2.45, 2.75) is 41.0 Å². The number of nitrogens with zero attached hydrogens (tertiary/aromatic N) is 4. The summed E-state index contributed by atoms with van der Waals surface area (Å²) in [6, 6.07) is 11.8. The van der Waals surface area contributed by atoms with Crippen LogP contribution in [0.2, 0.25) is 0 Å². The number of aryl methyl sites for hydroxylation is 4. The number of esters is 1. The van der Waals surface area contributed by atoms with Gasteiger partial charge in [-0.05, 0) is 69.0 Å². The van der Waals surface area contributed by atoms with Crippen LogP contribution in [0.15, 0.2) is 47.1 Å². The summed E-state index contributed by atoms with van der Waals surface area (Å²) in [7, 11) is 0. The summed E-state index contributed by atoms with van der Waals surface area (Å²) >= 11 is 0. The molecule has 1 N–H and O–H groups in total. The number of hydrogen-bond donors (Lipinski definition) is 1. The van der Waals surface area contributed by atoms with Gasteiger partial charge in [-0.3, -0.25) is 4.79 Å². The summed E-state index contributed by atoms with van der Waals surface area (Å²) in [6.45, 7) is 9.80. The number of pyridine rings is 1. The molecule has 5 aromatic rings. The molecule has 0 bridgehead atoms. The van der Waals surface area contributed by atoms with Crippen LogP contribution in [0.25, 0.3) is 27.7 Å². The Kier molecular flexibility index (Phi) is 6.20. The monoisotopic (exact) mass is 497 g/mol. The number of carbonyl (C=O) groups excluding carboxylic acids is 2. The second-order valence-electron chi connectivity index (χ2n) is 9.12. The van der Waals surface area contributed by atoms with Crippen molar-refractivity contribution >= 4 is 39.6 Å². The molecular weight excluding hydrogens is 470 g/mol. The number of benzene rings is 2. The molecule has 3 heterocycles. The predicted octanol–water partition coefficient (Wildman–Crippen LogP) is 5.15. The lowest BCUT2D eigenvalue weighted by Gasteiger charge is -2.13. The van der Waals surface area contributed by atoms with E-state index < -0.39 is 5.97 Å². The van der Waals surface area contributed by atoms with Crippen LogP contribution in [0.3, 0.4) is 0 Å². The first kappa shape index (κ1) is 24.2. The third kappa shape index (κ3) is 4.44. The normalized spacial score (nSPS) is 11.3. The second kappa shape index (κ2) is 9.50. The lowest BCUT2D eigenvalue weighted by atomic mass is 10.1. The fraction of sp³-hybridized carbons (Fsp3) is 0.250. The van der Waals surface area contributed by atoms with Gasteiger partial charge in [0, 0.05) is 10.8 Å². The van der Waals surface area contributed by atoms with Gasteiger partial charge >= 0.3 is 5.97 Å². The minimum atomic E-state index is -0.587. The Morgan fingerprint density at radius 2 is 1.84 bits per heavy atom. The maximum absolute atomic E-state index is 13.2. The van der Waals surface area contributed by atoms with Crippen molar-refractivity contribution < 1.29 is 18.8 Å². The molecule has 0 unspecified atom stereocenters. The Balaban J connectivity index is 1.55. The molecule has 0 atom stereocenters. The van der Waals surface area contributed by atoms with E-state index in [1.54, 1.807) is 6.92 Å². The maximum Gasteiger partial charge on any atom is 0.343 e. The Morgan fingerprint density at radius 3 is 2.62 bits per heavy atom. The smallest absolute Gasteiger partial charge is 0.343 e. The zero-order chi connectivity index (χ0) is 26.3. The van der Waals surface area contributed by atoms with E-state index >= 15 is 0 Å². The van der Waals surface area contributed by atoms with E-state index in [4.69, 9.17) is 14.2 Å². The summed E-state index contributed by atoms with van der Waals surface area (Å²) in [5.74, 6) is -0.307. The topological polar surface area (TPSA) is 112 Å². The Hall–Kier alpha value is -4.53. The Bertz CT molecular complexity index is 1680. The molecule has 0 saturated carbocycles. The number of amides is 1. The van der Waals surface area contributed by atoms with E-state index in [1.807, 2.05) is 64.1 Å². The third-order valence-electron chi connectivity index (χ3n) is 6.28. The van der Waals surface area contributed by atoms with Crippen molar-refractivity contribution in [3.63, 3.8) is 0 Å². The Labute approximate surface area is 213 Å². The number of ether oxygens (including phenoxy) is 1. The van der Waals surface area contributed by atoms with Gasteiger partial charge < -0.3 is 14.6 Å². The SMILES string of the molecule is CCOC(=O)c1cnn(-c2cc(C)c3cccc(C)c3n2)c1NC(=O)Cc1noc2c(C)cc(C)cc12. The molecule has 37 heavy (non-hydrogen) atoms. The molecule has 0 aliphatic carbocycles. The molecule has 188 valence electrons. The van der Waals surface area contributed by atoms with Crippen LogP contribution in [0.5, 0.6) is 0 Å². The van der Waals surface area contributed by atoms with E-state index in [1.165, 1.54) is 10.9 Å². The zero-order valence-electron chi connectivity index (χ0n) is 21.4. The standard InChI is InChI=1S/C28H27N5O4/c1-6-36-28(35)21-14-29-33(23-12-17(4)19-9-7-8-16(3)25(19)30-23)27(21)31-24(34)13-22-20-11-15(2)10-18(5)26(20)37-32-22/h7-12,14H,6,13H2,1-5H3,(H,31,34). The lowest BCUT2D eigenvalue weighted by Crippen LogP contribution is -2.20. The minimum absolute atomic E-state index is 0.0490. The van der Waals surface area contributed by atoms with Gasteiger partial charge in [-0.2, -0.15) is 9.78 Å². The van der Waals surface area contributed by atoms with E-state index in [0.717, 1.165) is 38.5 Å². The highest BCUT2D eigenvalue weighted by molar-refractivity contribution is 6.02. The van der Waals surface area contributed by atoms with E-state index in [9.17, 15) is 9.59 Å². The molecule has 0 aliphatic heterocycles. The van der Waals surface area contributed by atoms with Gasteiger partial charge in [0.1, 0.15) is 11.3 Å². The van der Waals surface area contributed by atoms with Crippen molar-refractivity contribution in [1.29, 1.82) is 0 Å². The Morgan fingerprint density at radius 1 is 1.03 bits per heavy atom. The maximum atomic E-state index is 13.2. The van der Waals surface area contributed by atoms with Gasteiger partial charge in [-0.15, -0.1) is 0 Å². The summed E-state index contributed by atoms with van der Waals surface area (Å²) in [5.41, 5.74) is 6.12. The van der Waals surface area contributed by atoms with Crippen LogP contribution in [0.4, 0.5) is 5.82 Å². The van der Waals surface area contributed by atoms with Crippen LogP contribution in [0, 0.1) is 27.7 Å². The highest BCUT2D eigenvalue weighted by atomic mass is 16.5. The van der Waals surface area contributed by atoms with Crippen LogP contribution in [-0.4, -0.2) is 38.4 Å². The van der Waals surface area contributed by atoms with Gasteiger partial charge in [0.05, 0.1) is 24.7 Å². The molecule has 3 aromatic heterocycles. The molecule has 1 amide bonds. The molecule has 0 radical (unpaired) electrons. The molecule has 2 aromatic carbocycles. The number of aromatic nitrogens is 4. The molecule has 9 nitrogen and oxygen atoms in total. The van der Waals surface area contributed by atoms with Crippen LogP contribution in [0.1, 0.15) is 45.2 Å². The van der Waals surface area contributed by atoms with Gasteiger partial charge in [-0.25, -0.2) is 9.78 Å². The molecular formula is C28H27N5O4. The van der Waals surface area contributed by atoms with Crippen molar-refractivity contribution in [1.82, 2.24) is 19.9 Å². The molecule has 5 rings (SSSR count). The van der Waals surface area contributed by atoms with Crippen molar-refractivity contribution in [3.8, 4) is 5.82 Å². The van der Waals surface area contributed by atoms with Gasteiger partial charge in [0.15, 0.2) is 17.2 Å². The molecule has 0 aliphatic rings. The van der Waals surface area contributed by atoms with Crippen molar-refractivity contribution in [3.05, 3.63) is 76.1 Å². The fourth-order valence-electron chi connectivity index (χ4n) is 4.55. The quantitative estimate of drug-likeness (QED) is 0.323. The number of fused-ring (bicyclic) bond motifs is 2. The zero-order valence-corrected chi connectivity index (χ0v) is 21.4. The number of anilines is 1. The highest BCUT2D eigenvalue weighted by Gasteiger charge is 2.24. The first-order chi connectivity index (χ1) is 17.8. The number of para-hydroxylation sites is 1. The van der Waals surface area contributed by atoms with Crippen LogP contribution < -0.4 is 5.32 Å². The number of rotatable bonds is 6. The average Bonchev–Trinajstić information content (AvgIpc) is 3.44. The number of hydrogen-bond acceptors (Lipinski definition) is 7. The largest absolute Gasteiger partial charge is 0.462 e. The molecule has 0 saturated heterocycles. The van der Waals surface area contributed by atoms with Gasteiger partial charge in [-0.1, -0.05) is 29.4 Å². The van der Waals surface area contributed by atoms with E-state index in [0.29, 0.717) is 17.1 Å². The van der Waals surface area contributed by atoms with Crippen LogP contribution in [-0.2, 0) is 16.0 Å². The fourth-order valence-corrected chi connectivity index (χ4v) is 4.55. The minimum Gasteiger partial charge on any atom is -0.462 e. The number of carbonyl (C=O) groups is 2. The molecule has 9 heteroatoms. The molecule has 0 fully saturated rings. The first-order valence-electron chi connectivity index (χ1n) is 12.0. The highest BCUT2D eigenvalue weighted by Crippen LogP contribution is 2.27. The second-order valence-corrected chi connectivity index (χ2v) is 9.12. The third-order valence-corrected chi connectivity index (χ3v) is 6.28. The van der Waals surface area contributed by atoms with Crippen molar-refractivity contribution in [2.75, 3.05) is 11.9 Å². The lowest BCUT2D eigenvalue weighted by molar-refractivity contribution is -0.115. The van der Waals surface area contributed by atoms with E-state index in [-0.39, 0.29) is 30.3 Å². The summed E-state index contributed by atoms with van der Waals surface area (Å²) in [6.07, 6.45) is 1.33. The van der Waals surface area contributed by atoms with Crippen molar-refractivity contribution in [2.24, 2.45) is 0 Å². The first-order valence-corrected chi connectivity index (χ1v) is 12.0. The number of nitrogens with one attached hydrogen (secondary N) is 1. The predicted molar refractivity (Wildman–Crippen MR) is 140 cm³/mol. The van der Waals surface area contributed by atoms with Gasteiger partial charge in [0.2, 0.25) is 5.91 Å². The van der Waals surface area contributed by atoms with E-state index in [2.05, 4.69) is 15.6 Å². The van der Waals surface area contributed by atoms with Crippen LogP contribution >= 0.6 is 0 Å². The summed E-state index contributed by atoms with van der Waals surface area (Å²) in [5, 5.41) is 13.2.